The van der Waals surface area contributed by atoms with Crippen LogP contribution in [-0.2, 0) is 11.3 Å². The number of hydrogen-bond acceptors (Lipinski definition) is 7. The molecule has 9 heteroatoms. The molecule has 1 aromatic carbocycles. The van der Waals surface area contributed by atoms with Crippen LogP contribution in [0, 0.1) is 0 Å². The van der Waals surface area contributed by atoms with Crippen LogP contribution < -0.4 is 16.3 Å². The highest BCUT2D eigenvalue weighted by molar-refractivity contribution is 7.12. The van der Waals surface area contributed by atoms with Crippen LogP contribution in [0.25, 0.3) is 11.0 Å². The van der Waals surface area contributed by atoms with Crippen molar-refractivity contribution in [2.24, 2.45) is 0 Å². The number of carbonyl (C=O) groups is 2. The van der Waals surface area contributed by atoms with Crippen molar-refractivity contribution in [3.8, 4) is 0 Å². The Morgan fingerprint density at radius 3 is 2.75 bits per heavy atom. The molecule has 3 aromatic rings. The second kappa shape index (κ2) is 9.97. The molecule has 2 aromatic heterocycles. The summed E-state index contributed by atoms with van der Waals surface area (Å²) in [7, 11) is 0. The molecule has 2 amide bonds. The van der Waals surface area contributed by atoms with Crippen molar-refractivity contribution in [3.63, 3.8) is 0 Å². The van der Waals surface area contributed by atoms with Gasteiger partial charge in [0.15, 0.2) is 0 Å². The number of carbonyl (C=O) groups excluding carboxylic acids is 2. The molecule has 0 unspecified atom stereocenters. The Kier molecular flexibility index (Phi) is 6.87. The number of hydrogen-bond donors (Lipinski definition) is 2. The standard InChI is InChI=1S/C23H25N3O5S/c1-2-30-23(29)25-17-5-6-18-15(12-21(27)31-19(18)13-17)14-26-9-7-16(8-10-26)24-22(28)20-4-3-11-32-20/h3-6,11-13,16H,2,7-10,14H2,1H3,(H,24,28)(H,25,29). The van der Waals surface area contributed by atoms with Gasteiger partial charge in [-0.2, -0.15) is 0 Å². The molecule has 0 saturated carbocycles. The molecular formula is C23H25N3O5S. The summed E-state index contributed by atoms with van der Waals surface area (Å²) in [5, 5.41) is 8.45. The SMILES string of the molecule is CCOC(=O)Nc1ccc2c(CN3CCC(NC(=O)c4cccs4)CC3)cc(=O)oc2c1. The van der Waals surface area contributed by atoms with Crippen molar-refractivity contribution in [1.29, 1.82) is 0 Å². The van der Waals surface area contributed by atoms with E-state index in [1.165, 1.54) is 17.4 Å². The molecule has 1 fully saturated rings. The van der Waals surface area contributed by atoms with Gasteiger partial charge in [0, 0.05) is 48.9 Å². The molecule has 0 bridgehead atoms. The molecule has 32 heavy (non-hydrogen) atoms. The van der Waals surface area contributed by atoms with Crippen molar-refractivity contribution in [3.05, 3.63) is 62.6 Å². The van der Waals surface area contributed by atoms with E-state index in [-0.39, 0.29) is 18.6 Å². The number of thiophene rings is 1. The summed E-state index contributed by atoms with van der Waals surface area (Å²) in [6.45, 7) is 4.25. The first-order chi connectivity index (χ1) is 15.5. The zero-order valence-electron chi connectivity index (χ0n) is 17.8. The quantitative estimate of drug-likeness (QED) is 0.548. The molecule has 3 heterocycles. The van der Waals surface area contributed by atoms with E-state index in [0.717, 1.165) is 41.8 Å². The Labute approximate surface area is 189 Å². The number of likely N-dealkylation sites (tertiary alicyclic amines) is 1. The molecule has 2 N–H and O–H groups in total. The Morgan fingerprint density at radius 1 is 1.22 bits per heavy atom. The second-order valence-electron chi connectivity index (χ2n) is 7.65. The lowest BCUT2D eigenvalue weighted by molar-refractivity contribution is 0.0913. The van der Waals surface area contributed by atoms with Crippen LogP contribution in [0.4, 0.5) is 10.5 Å². The van der Waals surface area contributed by atoms with Crippen LogP contribution in [0.15, 0.2) is 51.0 Å². The largest absolute Gasteiger partial charge is 0.450 e. The van der Waals surface area contributed by atoms with E-state index in [0.29, 0.717) is 17.8 Å². The molecule has 1 aliphatic heterocycles. The minimum Gasteiger partial charge on any atom is -0.450 e. The van der Waals surface area contributed by atoms with E-state index < -0.39 is 11.7 Å². The highest BCUT2D eigenvalue weighted by atomic mass is 32.1. The van der Waals surface area contributed by atoms with E-state index >= 15 is 0 Å². The minimum atomic E-state index is -0.556. The molecule has 1 saturated heterocycles. The van der Waals surface area contributed by atoms with E-state index in [9.17, 15) is 14.4 Å². The van der Waals surface area contributed by atoms with Gasteiger partial charge >= 0.3 is 11.7 Å². The third-order valence-electron chi connectivity index (χ3n) is 5.41. The van der Waals surface area contributed by atoms with E-state index in [4.69, 9.17) is 9.15 Å². The molecule has 0 atom stereocenters. The van der Waals surface area contributed by atoms with E-state index in [1.54, 1.807) is 19.1 Å². The average molecular weight is 456 g/mol. The molecule has 8 nitrogen and oxygen atoms in total. The van der Waals surface area contributed by atoms with Gasteiger partial charge in [-0.3, -0.25) is 15.0 Å². The maximum Gasteiger partial charge on any atom is 0.411 e. The summed E-state index contributed by atoms with van der Waals surface area (Å²) in [4.78, 5) is 39.0. The van der Waals surface area contributed by atoms with E-state index in [2.05, 4.69) is 15.5 Å². The highest BCUT2D eigenvalue weighted by Gasteiger charge is 2.22. The van der Waals surface area contributed by atoms with Crippen molar-refractivity contribution in [1.82, 2.24) is 10.2 Å². The van der Waals surface area contributed by atoms with Gasteiger partial charge in [-0.1, -0.05) is 6.07 Å². The van der Waals surface area contributed by atoms with Crippen molar-refractivity contribution in [2.75, 3.05) is 25.0 Å². The fourth-order valence-corrected chi connectivity index (χ4v) is 4.49. The van der Waals surface area contributed by atoms with Crippen LogP contribution in [0.3, 0.4) is 0 Å². The Morgan fingerprint density at radius 2 is 2.03 bits per heavy atom. The van der Waals surface area contributed by atoms with Crippen molar-refractivity contribution in [2.45, 2.75) is 32.4 Å². The highest BCUT2D eigenvalue weighted by Crippen LogP contribution is 2.24. The average Bonchev–Trinajstić information content (AvgIpc) is 3.30. The van der Waals surface area contributed by atoms with Gasteiger partial charge in [-0.05, 0) is 48.9 Å². The zero-order valence-corrected chi connectivity index (χ0v) is 18.6. The smallest absolute Gasteiger partial charge is 0.411 e. The van der Waals surface area contributed by atoms with Crippen LogP contribution in [0.1, 0.15) is 35.0 Å². The first-order valence-corrected chi connectivity index (χ1v) is 11.5. The van der Waals surface area contributed by atoms with Crippen LogP contribution in [0.2, 0.25) is 0 Å². The number of rotatable bonds is 6. The summed E-state index contributed by atoms with van der Waals surface area (Å²) >= 11 is 1.44. The second-order valence-corrected chi connectivity index (χ2v) is 8.60. The number of ether oxygens (including phenoxy) is 1. The van der Waals surface area contributed by atoms with Gasteiger partial charge in [0.1, 0.15) is 5.58 Å². The number of piperidine rings is 1. The number of nitrogens with one attached hydrogen (secondary N) is 2. The number of amides is 2. The molecule has 0 spiro atoms. The van der Waals surface area contributed by atoms with Crippen molar-refractivity contribution < 1.29 is 18.7 Å². The maximum absolute atomic E-state index is 12.3. The summed E-state index contributed by atoms with van der Waals surface area (Å²) in [5.74, 6) is -0.0163. The molecular weight excluding hydrogens is 430 g/mol. The molecule has 1 aliphatic rings. The number of benzene rings is 1. The molecule has 168 valence electrons. The Bertz CT molecular complexity index is 1150. The van der Waals surface area contributed by atoms with Gasteiger partial charge in [0.2, 0.25) is 0 Å². The molecule has 4 rings (SSSR count). The Hall–Kier alpha value is -3.17. The summed E-state index contributed by atoms with van der Waals surface area (Å²) < 4.78 is 10.2. The van der Waals surface area contributed by atoms with Gasteiger partial charge in [-0.15, -0.1) is 11.3 Å². The van der Waals surface area contributed by atoms with E-state index in [1.807, 2.05) is 23.6 Å². The topological polar surface area (TPSA) is 101 Å². The van der Waals surface area contributed by atoms with Crippen LogP contribution in [0.5, 0.6) is 0 Å². The lowest BCUT2D eigenvalue weighted by atomic mass is 10.0. The minimum absolute atomic E-state index is 0.0163. The van der Waals surface area contributed by atoms with Gasteiger partial charge < -0.3 is 14.5 Å². The predicted molar refractivity (Wildman–Crippen MR) is 123 cm³/mol. The third-order valence-corrected chi connectivity index (χ3v) is 6.28. The number of anilines is 1. The van der Waals surface area contributed by atoms with Crippen LogP contribution >= 0.6 is 11.3 Å². The summed E-state index contributed by atoms with van der Waals surface area (Å²) in [6.07, 6.45) is 1.15. The maximum atomic E-state index is 12.3. The lowest BCUT2D eigenvalue weighted by Gasteiger charge is -2.32. The van der Waals surface area contributed by atoms with Gasteiger partial charge in [0.25, 0.3) is 5.91 Å². The molecule has 0 radical (unpaired) electrons. The molecule has 0 aliphatic carbocycles. The lowest BCUT2D eigenvalue weighted by Crippen LogP contribution is -2.44. The summed E-state index contributed by atoms with van der Waals surface area (Å²) in [6, 6.07) is 10.6. The Balaban J connectivity index is 1.40. The normalized spacial score (nSPS) is 14.9. The predicted octanol–water partition coefficient (Wildman–Crippen LogP) is 3.82. The first-order valence-electron chi connectivity index (χ1n) is 10.6. The monoisotopic (exact) mass is 455 g/mol. The fraction of sp³-hybridized carbons (Fsp3) is 0.348. The summed E-state index contributed by atoms with van der Waals surface area (Å²) in [5.41, 5.74) is 1.36. The van der Waals surface area contributed by atoms with Gasteiger partial charge in [0.05, 0.1) is 11.5 Å². The third kappa shape index (κ3) is 5.35. The number of fused-ring (bicyclic) bond motifs is 1. The van der Waals surface area contributed by atoms with Crippen molar-refractivity contribution >= 4 is 40.0 Å². The van der Waals surface area contributed by atoms with Gasteiger partial charge in [-0.25, -0.2) is 9.59 Å². The van der Waals surface area contributed by atoms with Crippen LogP contribution in [-0.4, -0.2) is 42.6 Å². The number of nitrogens with zero attached hydrogens (tertiary/aromatic N) is 1. The zero-order chi connectivity index (χ0) is 22.5. The first kappa shape index (κ1) is 22.0. The fourth-order valence-electron chi connectivity index (χ4n) is 3.86.